The molecule has 0 unspecified atom stereocenters. The summed E-state index contributed by atoms with van der Waals surface area (Å²) in [5, 5.41) is 105. The van der Waals surface area contributed by atoms with E-state index >= 15 is 0 Å². The first kappa shape index (κ1) is 35.8. The first-order valence-electron chi connectivity index (χ1n) is 13.3. The molecule has 0 saturated carbocycles. The molecule has 42 heavy (non-hydrogen) atoms. The molecule has 246 valence electrons. The van der Waals surface area contributed by atoms with Crippen LogP contribution in [0.25, 0.3) is 0 Å². The van der Waals surface area contributed by atoms with Crippen LogP contribution in [0.5, 0.6) is 0 Å². The number of carbonyl (C=O) groups excluding carboxylic acids is 1. The lowest BCUT2D eigenvalue weighted by Gasteiger charge is -2.48. The maximum Gasteiger partial charge on any atom is 0.230 e. The average Bonchev–Trinajstić information content (AvgIpc) is 2.99. The van der Waals surface area contributed by atoms with Gasteiger partial charge >= 0.3 is 0 Å². The van der Waals surface area contributed by atoms with Gasteiger partial charge in [-0.3, -0.25) is 4.79 Å². The summed E-state index contributed by atoms with van der Waals surface area (Å²) in [6, 6.07) is 0. The predicted octanol–water partition coefficient (Wildman–Crippen LogP) is -6.65. The standard InChI is InChI=1S/C23H40BrNO17/c24-4-11(29)25-2-1-3-37-23-20(16(34)13(31)9(6-27)40-23)42-22-18(36)19(14(32)10(7-28)39-22)41-21-17(35)15(33)12(30)8(5-26)38-21/h8-10,12-23,26-28,30-36H,1-7H2,(H,25,29)/t8-,9-,10-,12-,13-,14-,15+,16+,17+,18+,19+,20+,21-,22-,23+/m1/s1. The zero-order valence-corrected chi connectivity index (χ0v) is 23.9. The van der Waals surface area contributed by atoms with Crippen LogP contribution in [-0.2, 0) is 33.2 Å². The van der Waals surface area contributed by atoms with Gasteiger partial charge in [-0.05, 0) is 6.42 Å². The predicted molar refractivity (Wildman–Crippen MR) is 136 cm³/mol. The number of hydrogen-bond donors (Lipinski definition) is 11. The molecule has 15 atom stereocenters. The Bertz CT molecular complexity index is 830. The maximum absolute atomic E-state index is 11.4. The molecule has 0 aliphatic carbocycles. The fourth-order valence-electron chi connectivity index (χ4n) is 4.70. The molecule has 3 rings (SSSR count). The second kappa shape index (κ2) is 16.6. The van der Waals surface area contributed by atoms with Gasteiger partial charge in [0.2, 0.25) is 5.91 Å². The monoisotopic (exact) mass is 681 g/mol. The van der Waals surface area contributed by atoms with Crippen LogP contribution in [0.1, 0.15) is 6.42 Å². The van der Waals surface area contributed by atoms with Gasteiger partial charge in [0.1, 0.15) is 73.2 Å². The van der Waals surface area contributed by atoms with Crippen LogP contribution < -0.4 is 5.32 Å². The van der Waals surface area contributed by atoms with Crippen LogP contribution in [0.2, 0.25) is 0 Å². The van der Waals surface area contributed by atoms with E-state index in [1.54, 1.807) is 0 Å². The van der Waals surface area contributed by atoms with Crippen molar-refractivity contribution in [2.24, 2.45) is 0 Å². The molecule has 18 nitrogen and oxygen atoms in total. The van der Waals surface area contributed by atoms with E-state index in [4.69, 9.17) is 28.4 Å². The van der Waals surface area contributed by atoms with Crippen LogP contribution in [0.3, 0.4) is 0 Å². The van der Waals surface area contributed by atoms with Crippen molar-refractivity contribution in [3.63, 3.8) is 0 Å². The topological polar surface area (TPSA) is 287 Å². The van der Waals surface area contributed by atoms with Crippen molar-refractivity contribution in [1.29, 1.82) is 0 Å². The summed E-state index contributed by atoms with van der Waals surface area (Å²) in [6.45, 7) is -2.09. The minimum atomic E-state index is -1.92. The minimum absolute atomic E-state index is 0.0387. The third-order valence-electron chi connectivity index (χ3n) is 7.12. The Labute approximate surface area is 248 Å². The average molecular weight is 682 g/mol. The zero-order valence-electron chi connectivity index (χ0n) is 22.3. The highest BCUT2D eigenvalue weighted by atomic mass is 79.9. The fourth-order valence-corrected chi connectivity index (χ4v) is 4.90. The maximum atomic E-state index is 11.4. The molecule has 3 aliphatic rings. The summed E-state index contributed by atoms with van der Waals surface area (Å²) in [5.74, 6) is -0.256. The molecule has 1 amide bonds. The van der Waals surface area contributed by atoms with Crippen molar-refractivity contribution in [2.45, 2.75) is 98.5 Å². The Balaban J connectivity index is 1.74. The molecule has 0 aromatic carbocycles. The number of ether oxygens (including phenoxy) is 6. The number of amides is 1. The first-order valence-corrected chi connectivity index (χ1v) is 14.4. The number of rotatable bonds is 13. The molecule has 11 N–H and O–H groups in total. The Morgan fingerprint density at radius 1 is 0.643 bits per heavy atom. The van der Waals surface area contributed by atoms with Crippen LogP contribution >= 0.6 is 15.9 Å². The highest BCUT2D eigenvalue weighted by Gasteiger charge is 2.53. The Kier molecular flexibility index (Phi) is 14.1. The minimum Gasteiger partial charge on any atom is -0.394 e. The molecule has 3 heterocycles. The molecule has 0 spiro atoms. The molecule has 0 radical (unpaired) electrons. The van der Waals surface area contributed by atoms with Crippen LogP contribution in [0.4, 0.5) is 0 Å². The lowest BCUT2D eigenvalue weighted by atomic mass is 9.96. The van der Waals surface area contributed by atoms with Gasteiger partial charge in [0.05, 0.1) is 31.8 Å². The van der Waals surface area contributed by atoms with Gasteiger partial charge in [0.25, 0.3) is 0 Å². The lowest BCUT2D eigenvalue weighted by molar-refractivity contribution is -0.385. The molecular weight excluding hydrogens is 642 g/mol. The van der Waals surface area contributed by atoms with Gasteiger partial charge in [0.15, 0.2) is 18.9 Å². The van der Waals surface area contributed by atoms with Gasteiger partial charge < -0.3 is 84.8 Å². The van der Waals surface area contributed by atoms with E-state index in [1.807, 2.05) is 0 Å². The van der Waals surface area contributed by atoms with Crippen molar-refractivity contribution in [1.82, 2.24) is 5.32 Å². The summed E-state index contributed by atoms with van der Waals surface area (Å²) in [7, 11) is 0. The lowest BCUT2D eigenvalue weighted by Crippen LogP contribution is -2.66. The van der Waals surface area contributed by atoms with Crippen molar-refractivity contribution in [3.05, 3.63) is 0 Å². The third-order valence-corrected chi connectivity index (χ3v) is 7.63. The second-order valence-electron chi connectivity index (χ2n) is 10.0. The molecule has 3 fully saturated rings. The van der Waals surface area contributed by atoms with E-state index in [9.17, 15) is 55.9 Å². The SMILES string of the molecule is O=C(CBr)NCCCO[C@H]1O[C@H](CO)[C@@H](O)[C@H](O)[C@@H]1O[C@H]1O[C@H](CO)[C@@H](O)[C@H](O[C@H]2O[C@H](CO)[C@@H](O)[C@H](O)[C@@H]2O)[C@@H]1O. The van der Waals surface area contributed by atoms with E-state index in [0.717, 1.165) is 0 Å². The largest absolute Gasteiger partial charge is 0.394 e. The van der Waals surface area contributed by atoms with Crippen molar-refractivity contribution in [3.8, 4) is 0 Å². The van der Waals surface area contributed by atoms with Crippen molar-refractivity contribution >= 4 is 21.8 Å². The fraction of sp³-hybridized carbons (Fsp3) is 0.957. The second-order valence-corrected chi connectivity index (χ2v) is 10.6. The Morgan fingerprint density at radius 3 is 1.71 bits per heavy atom. The Hall–Kier alpha value is -0.690. The number of halogens is 1. The normalized spacial score (nSPS) is 44.6. The molecule has 3 saturated heterocycles. The molecule has 0 aromatic rings. The number of aliphatic hydroxyl groups is 10. The van der Waals surface area contributed by atoms with Crippen molar-refractivity contribution in [2.75, 3.05) is 38.3 Å². The van der Waals surface area contributed by atoms with Gasteiger partial charge in [-0.1, -0.05) is 15.9 Å². The summed E-state index contributed by atoms with van der Waals surface area (Å²) >= 11 is 3.01. The number of nitrogens with one attached hydrogen (secondary N) is 1. The van der Waals surface area contributed by atoms with E-state index < -0.39 is 112 Å². The number of aliphatic hydroxyl groups excluding tert-OH is 10. The summed E-state index contributed by atoms with van der Waals surface area (Å²) in [5.41, 5.74) is 0. The van der Waals surface area contributed by atoms with Crippen LogP contribution in [0.15, 0.2) is 0 Å². The number of alkyl halides is 1. The molecule has 19 heteroatoms. The van der Waals surface area contributed by atoms with Gasteiger partial charge in [0, 0.05) is 6.54 Å². The smallest absolute Gasteiger partial charge is 0.230 e. The number of carbonyl (C=O) groups is 1. The van der Waals surface area contributed by atoms with Crippen LogP contribution in [0, 0.1) is 0 Å². The highest BCUT2D eigenvalue weighted by Crippen LogP contribution is 2.32. The van der Waals surface area contributed by atoms with E-state index in [0.29, 0.717) is 6.42 Å². The van der Waals surface area contributed by atoms with Gasteiger partial charge in [-0.2, -0.15) is 0 Å². The quantitative estimate of drug-likeness (QED) is 0.0636. The number of hydrogen-bond acceptors (Lipinski definition) is 17. The van der Waals surface area contributed by atoms with Crippen LogP contribution in [-0.4, -0.2) is 187 Å². The van der Waals surface area contributed by atoms with E-state index in [2.05, 4.69) is 21.2 Å². The summed E-state index contributed by atoms with van der Waals surface area (Å²) in [4.78, 5) is 11.4. The third kappa shape index (κ3) is 8.31. The zero-order chi connectivity index (χ0) is 31.1. The van der Waals surface area contributed by atoms with Gasteiger partial charge in [-0.15, -0.1) is 0 Å². The van der Waals surface area contributed by atoms with E-state index in [1.165, 1.54) is 0 Å². The highest BCUT2D eigenvalue weighted by molar-refractivity contribution is 9.09. The molecule has 3 aliphatic heterocycles. The molecular formula is C23H40BrNO17. The molecule has 0 aromatic heterocycles. The molecule has 0 bridgehead atoms. The summed E-state index contributed by atoms with van der Waals surface area (Å²) in [6.07, 6.45) is -24.6. The van der Waals surface area contributed by atoms with Gasteiger partial charge in [-0.25, -0.2) is 0 Å². The Morgan fingerprint density at radius 2 is 1.14 bits per heavy atom. The first-order chi connectivity index (χ1) is 20.0. The van der Waals surface area contributed by atoms with E-state index in [-0.39, 0.29) is 24.4 Å². The van der Waals surface area contributed by atoms with Crippen molar-refractivity contribution < 1.29 is 84.3 Å². The summed E-state index contributed by atoms with van der Waals surface area (Å²) < 4.78 is 33.2.